The van der Waals surface area contributed by atoms with E-state index in [-0.39, 0.29) is 5.11 Å². The monoisotopic (exact) mass is 307 g/mol. The number of halogens is 1. The zero-order chi connectivity index (χ0) is 15.6. The first-order chi connectivity index (χ1) is 9.88. The largest absolute Gasteiger partial charge is 0.374 e. The third-order valence-corrected chi connectivity index (χ3v) is 2.96. The number of aromatic nitrogens is 2. The van der Waals surface area contributed by atoms with Crippen LogP contribution in [0.5, 0.6) is 0 Å². The number of hydrazine groups is 1. The maximum absolute atomic E-state index is 13.0. The molecule has 1 heterocycles. The van der Waals surface area contributed by atoms with Crippen LogP contribution in [0.25, 0.3) is 0 Å². The number of thiocarbonyl (C=S) groups is 1. The molecule has 2 rings (SSSR count). The highest BCUT2D eigenvalue weighted by Crippen LogP contribution is 2.14. The Morgan fingerprint density at radius 2 is 2.05 bits per heavy atom. The topological polar surface area (TPSA) is 76.2 Å². The average molecular weight is 307 g/mol. The highest BCUT2D eigenvalue weighted by atomic mass is 32.1. The van der Waals surface area contributed by atoms with Gasteiger partial charge in [0.05, 0.1) is 16.9 Å². The van der Waals surface area contributed by atoms with Crippen molar-refractivity contribution in [3.05, 3.63) is 47.5 Å². The molecule has 0 spiro atoms. The number of carbonyl (C=O) groups is 1. The van der Waals surface area contributed by atoms with Crippen LogP contribution in [0.1, 0.15) is 16.1 Å². The Morgan fingerprint density at radius 1 is 1.43 bits per heavy atom. The molecule has 0 aliphatic heterocycles. The molecule has 1 aromatic carbocycles. The van der Waals surface area contributed by atoms with E-state index >= 15 is 0 Å². The zero-order valence-electron chi connectivity index (χ0n) is 11.5. The number of hydrogen-bond donors (Lipinski definition) is 2. The van der Waals surface area contributed by atoms with Crippen LogP contribution in [-0.2, 0) is 7.05 Å². The first kappa shape index (κ1) is 14.9. The molecule has 0 atom stereocenters. The van der Waals surface area contributed by atoms with E-state index in [4.69, 9.17) is 18.0 Å². The molecule has 110 valence electrons. The van der Waals surface area contributed by atoms with Crippen LogP contribution in [0, 0.1) is 12.7 Å². The Labute approximate surface area is 126 Å². The van der Waals surface area contributed by atoms with E-state index in [1.165, 1.54) is 34.0 Å². The van der Waals surface area contributed by atoms with Gasteiger partial charge in [0.25, 0.3) is 5.91 Å². The summed E-state index contributed by atoms with van der Waals surface area (Å²) < 4.78 is 14.5. The molecule has 0 aliphatic carbocycles. The lowest BCUT2D eigenvalue weighted by molar-refractivity contribution is 0.0954. The van der Waals surface area contributed by atoms with Crippen LogP contribution < -0.4 is 16.2 Å². The SMILES string of the molecule is Cc1nn(C)cc1C(=O)NN(C(N)=S)c1ccc(F)cc1. The zero-order valence-corrected chi connectivity index (χ0v) is 12.3. The number of nitrogens with zero attached hydrogens (tertiary/aromatic N) is 3. The number of nitrogens with two attached hydrogens (primary N) is 1. The summed E-state index contributed by atoms with van der Waals surface area (Å²) in [4.78, 5) is 12.2. The summed E-state index contributed by atoms with van der Waals surface area (Å²) in [6.07, 6.45) is 1.59. The van der Waals surface area contributed by atoms with E-state index < -0.39 is 11.7 Å². The summed E-state index contributed by atoms with van der Waals surface area (Å²) in [5.74, 6) is -0.797. The molecule has 0 fully saturated rings. The van der Waals surface area contributed by atoms with Crippen molar-refractivity contribution in [1.82, 2.24) is 15.2 Å². The molecule has 3 N–H and O–H groups in total. The van der Waals surface area contributed by atoms with E-state index in [2.05, 4.69) is 10.5 Å². The predicted octanol–water partition coefficient (Wildman–Crippen LogP) is 1.26. The van der Waals surface area contributed by atoms with Gasteiger partial charge in [-0.15, -0.1) is 0 Å². The molecule has 1 aromatic heterocycles. The summed E-state index contributed by atoms with van der Waals surface area (Å²) in [5.41, 5.74) is 9.62. The standard InChI is InChI=1S/C13H14FN5OS/c1-8-11(7-18(2)16-8)12(20)17-19(13(15)21)10-5-3-9(14)4-6-10/h3-7H,1-2H3,(H2,15,21)(H,17,20). The van der Waals surface area contributed by atoms with E-state index in [9.17, 15) is 9.18 Å². The van der Waals surface area contributed by atoms with Gasteiger partial charge in [-0.25, -0.2) is 9.40 Å². The summed E-state index contributed by atoms with van der Waals surface area (Å²) in [5, 5.41) is 5.25. The summed E-state index contributed by atoms with van der Waals surface area (Å²) in [6.45, 7) is 1.72. The van der Waals surface area contributed by atoms with Crippen molar-refractivity contribution in [3.8, 4) is 0 Å². The Balaban J connectivity index is 2.24. The Kier molecular flexibility index (Phi) is 4.18. The van der Waals surface area contributed by atoms with Gasteiger partial charge in [-0.05, 0) is 43.4 Å². The normalized spacial score (nSPS) is 10.2. The van der Waals surface area contributed by atoms with Crippen molar-refractivity contribution >= 4 is 28.9 Å². The van der Waals surface area contributed by atoms with E-state index in [1.807, 2.05) is 0 Å². The maximum atomic E-state index is 13.0. The average Bonchev–Trinajstić information content (AvgIpc) is 2.76. The van der Waals surface area contributed by atoms with Gasteiger partial charge in [-0.2, -0.15) is 5.10 Å². The lowest BCUT2D eigenvalue weighted by Gasteiger charge is -2.23. The second kappa shape index (κ2) is 5.88. The van der Waals surface area contributed by atoms with Crippen LogP contribution in [0.2, 0.25) is 0 Å². The molecule has 2 aromatic rings. The van der Waals surface area contributed by atoms with Gasteiger partial charge >= 0.3 is 0 Å². The number of aryl methyl sites for hydroxylation is 2. The number of carbonyl (C=O) groups excluding carboxylic acids is 1. The Morgan fingerprint density at radius 3 is 2.52 bits per heavy atom. The molecule has 0 aliphatic rings. The highest BCUT2D eigenvalue weighted by molar-refractivity contribution is 7.80. The number of benzene rings is 1. The second-order valence-corrected chi connectivity index (χ2v) is 4.81. The Bertz CT molecular complexity index is 682. The quantitative estimate of drug-likeness (QED) is 0.645. The minimum atomic E-state index is -0.405. The van der Waals surface area contributed by atoms with Crippen LogP contribution in [0.15, 0.2) is 30.5 Å². The number of hydrogen-bond acceptors (Lipinski definition) is 3. The number of anilines is 1. The third-order valence-electron chi connectivity index (χ3n) is 2.78. The molecule has 0 bridgehead atoms. The van der Waals surface area contributed by atoms with Crippen LogP contribution in [0.3, 0.4) is 0 Å². The third kappa shape index (κ3) is 3.34. The molecule has 0 radical (unpaired) electrons. The maximum Gasteiger partial charge on any atom is 0.273 e. The second-order valence-electron chi connectivity index (χ2n) is 4.39. The molecular weight excluding hydrogens is 293 g/mol. The van der Waals surface area contributed by atoms with Crippen molar-refractivity contribution in [2.75, 3.05) is 5.01 Å². The lowest BCUT2D eigenvalue weighted by Crippen LogP contribution is -2.49. The van der Waals surface area contributed by atoms with Gasteiger partial charge in [0.15, 0.2) is 5.11 Å². The summed E-state index contributed by atoms with van der Waals surface area (Å²) >= 11 is 4.91. The first-order valence-corrected chi connectivity index (χ1v) is 6.45. The molecule has 21 heavy (non-hydrogen) atoms. The Hall–Kier alpha value is -2.48. The van der Waals surface area contributed by atoms with Crippen molar-refractivity contribution in [1.29, 1.82) is 0 Å². The van der Waals surface area contributed by atoms with Crippen LogP contribution >= 0.6 is 12.2 Å². The van der Waals surface area contributed by atoms with Crippen molar-refractivity contribution in [2.45, 2.75) is 6.92 Å². The molecule has 8 heteroatoms. The number of nitrogens with one attached hydrogen (secondary N) is 1. The van der Waals surface area contributed by atoms with Crippen LogP contribution in [0.4, 0.5) is 10.1 Å². The van der Waals surface area contributed by atoms with Gasteiger partial charge in [-0.3, -0.25) is 14.9 Å². The fourth-order valence-electron chi connectivity index (χ4n) is 1.82. The molecule has 0 saturated heterocycles. The summed E-state index contributed by atoms with van der Waals surface area (Å²) in [7, 11) is 1.72. The van der Waals surface area contributed by atoms with Gasteiger partial charge in [0.2, 0.25) is 0 Å². The molecular formula is C13H14FN5OS. The number of amides is 1. The molecule has 1 amide bonds. The van der Waals surface area contributed by atoms with Gasteiger partial charge in [0, 0.05) is 13.2 Å². The van der Waals surface area contributed by atoms with E-state index in [0.717, 1.165) is 0 Å². The smallest absolute Gasteiger partial charge is 0.273 e. The van der Waals surface area contributed by atoms with E-state index in [0.29, 0.717) is 16.9 Å². The number of rotatable bonds is 2. The van der Waals surface area contributed by atoms with Crippen LogP contribution in [-0.4, -0.2) is 20.8 Å². The van der Waals surface area contributed by atoms with Crippen molar-refractivity contribution < 1.29 is 9.18 Å². The van der Waals surface area contributed by atoms with Gasteiger partial charge in [-0.1, -0.05) is 0 Å². The minimum absolute atomic E-state index is 0.0588. The highest BCUT2D eigenvalue weighted by Gasteiger charge is 2.18. The molecule has 0 unspecified atom stereocenters. The predicted molar refractivity (Wildman–Crippen MR) is 81.1 cm³/mol. The lowest BCUT2D eigenvalue weighted by atomic mass is 10.2. The minimum Gasteiger partial charge on any atom is -0.374 e. The fraction of sp³-hybridized carbons (Fsp3) is 0.154. The molecule has 0 saturated carbocycles. The van der Waals surface area contributed by atoms with Gasteiger partial charge in [0.1, 0.15) is 5.82 Å². The van der Waals surface area contributed by atoms with E-state index in [1.54, 1.807) is 20.2 Å². The fourth-order valence-corrected chi connectivity index (χ4v) is 1.97. The molecule has 6 nitrogen and oxygen atoms in total. The van der Waals surface area contributed by atoms with Gasteiger partial charge < -0.3 is 5.73 Å². The van der Waals surface area contributed by atoms with Crippen molar-refractivity contribution in [3.63, 3.8) is 0 Å². The first-order valence-electron chi connectivity index (χ1n) is 6.05. The van der Waals surface area contributed by atoms with Crippen molar-refractivity contribution in [2.24, 2.45) is 12.8 Å². The summed E-state index contributed by atoms with van der Waals surface area (Å²) in [6, 6.07) is 5.43.